The van der Waals surface area contributed by atoms with Crippen LogP contribution in [0.2, 0.25) is 5.02 Å². The summed E-state index contributed by atoms with van der Waals surface area (Å²) in [5, 5.41) is 3.01. The maximum atomic E-state index is 13.2. The Kier molecular flexibility index (Phi) is 6.05. The predicted molar refractivity (Wildman–Crippen MR) is 106 cm³/mol. The van der Waals surface area contributed by atoms with Gasteiger partial charge in [0.2, 0.25) is 0 Å². The maximum absolute atomic E-state index is 13.2. The van der Waals surface area contributed by atoms with Crippen LogP contribution in [0.15, 0.2) is 59.5 Å². The third kappa shape index (κ3) is 4.05. The van der Waals surface area contributed by atoms with E-state index in [0.29, 0.717) is 23.6 Å². The van der Waals surface area contributed by atoms with E-state index in [-0.39, 0.29) is 17.7 Å². The quantitative estimate of drug-likeness (QED) is 0.719. The van der Waals surface area contributed by atoms with Gasteiger partial charge in [-0.3, -0.25) is 9.59 Å². The normalized spacial score (nSPS) is 15.8. The molecule has 1 amide bonds. The van der Waals surface area contributed by atoms with Gasteiger partial charge in [0, 0.05) is 10.7 Å². The molecule has 0 aromatic heterocycles. The van der Waals surface area contributed by atoms with E-state index in [1.54, 1.807) is 42.5 Å². The first-order chi connectivity index (χ1) is 13.3. The minimum absolute atomic E-state index is 0.0808. The van der Waals surface area contributed by atoms with Gasteiger partial charge in [-0.2, -0.15) is 0 Å². The van der Waals surface area contributed by atoms with Crippen molar-refractivity contribution in [2.75, 3.05) is 11.9 Å². The second-order valence-electron chi connectivity index (χ2n) is 6.65. The minimum Gasteiger partial charge on any atom is -0.454 e. The summed E-state index contributed by atoms with van der Waals surface area (Å²) in [6.07, 6.45) is 1.57. The third-order valence-electron chi connectivity index (χ3n) is 4.79. The number of sulfone groups is 1. The Morgan fingerprint density at radius 2 is 1.71 bits per heavy atom. The van der Waals surface area contributed by atoms with Gasteiger partial charge in [-0.25, -0.2) is 8.42 Å². The van der Waals surface area contributed by atoms with Crippen LogP contribution >= 0.6 is 11.6 Å². The molecule has 148 valence electrons. The van der Waals surface area contributed by atoms with E-state index in [2.05, 4.69) is 5.32 Å². The molecule has 1 fully saturated rings. The minimum atomic E-state index is -3.94. The molecule has 1 aliphatic rings. The molecule has 8 heteroatoms. The topological polar surface area (TPSA) is 89.5 Å². The van der Waals surface area contributed by atoms with Gasteiger partial charge in [0.1, 0.15) is 0 Å². The zero-order chi connectivity index (χ0) is 20.2. The Balaban J connectivity index is 1.72. The lowest BCUT2D eigenvalue weighted by Crippen LogP contribution is -2.46. The van der Waals surface area contributed by atoms with Crippen LogP contribution in [0.1, 0.15) is 25.7 Å². The summed E-state index contributed by atoms with van der Waals surface area (Å²) in [4.78, 5) is 25.0. The SMILES string of the molecule is O=C(COC(=O)C1(S(=O)(=O)c2ccccc2)CCCC1)Nc1cccc(Cl)c1. The van der Waals surface area contributed by atoms with Crippen LogP contribution in [-0.4, -0.2) is 31.6 Å². The van der Waals surface area contributed by atoms with Gasteiger partial charge in [0.15, 0.2) is 21.2 Å². The molecule has 0 atom stereocenters. The van der Waals surface area contributed by atoms with Crippen LogP contribution in [-0.2, 0) is 24.2 Å². The Morgan fingerprint density at radius 1 is 1.04 bits per heavy atom. The first-order valence-electron chi connectivity index (χ1n) is 8.87. The zero-order valence-electron chi connectivity index (χ0n) is 15.1. The van der Waals surface area contributed by atoms with Gasteiger partial charge in [-0.05, 0) is 43.2 Å². The van der Waals surface area contributed by atoms with Crippen LogP contribution in [0, 0.1) is 0 Å². The fourth-order valence-corrected chi connectivity index (χ4v) is 5.64. The molecule has 0 heterocycles. The number of nitrogens with one attached hydrogen (secondary N) is 1. The summed E-state index contributed by atoms with van der Waals surface area (Å²) in [7, 11) is -3.94. The molecular formula is C20H20ClNO5S. The standard InChI is InChI=1S/C20H20ClNO5S/c21-15-7-6-8-16(13-15)22-18(23)14-27-19(24)20(11-4-5-12-20)28(25,26)17-9-2-1-3-10-17/h1-3,6-10,13H,4-5,11-12,14H2,(H,22,23). The van der Waals surface area contributed by atoms with Crippen molar-refractivity contribution in [3.05, 3.63) is 59.6 Å². The Morgan fingerprint density at radius 3 is 2.36 bits per heavy atom. The molecule has 0 unspecified atom stereocenters. The molecular weight excluding hydrogens is 402 g/mol. The average molecular weight is 422 g/mol. The summed E-state index contributed by atoms with van der Waals surface area (Å²) in [5.41, 5.74) is 0.459. The molecule has 0 radical (unpaired) electrons. The first kappa shape index (κ1) is 20.4. The molecule has 6 nitrogen and oxygen atoms in total. The van der Waals surface area contributed by atoms with Gasteiger partial charge in [-0.15, -0.1) is 0 Å². The zero-order valence-corrected chi connectivity index (χ0v) is 16.6. The van der Waals surface area contributed by atoms with Gasteiger partial charge < -0.3 is 10.1 Å². The number of anilines is 1. The van der Waals surface area contributed by atoms with E-state index in [0.717, 1.165) is 0 Å². The lowest BCUT2D eigenvalue weighted by molar-refractivity contribution is -0.149. The fourth-order valence-electron chi connectivity index (χ4n) is 3.38. The van der Waals surface area contributed by atoms with Crippen molar-refractivity contribution in [3.63, 3.8) is 0 Å². The van der Waals surface area contributed by atoms with Crippen LogP contribution in [0.4, 0.5) is 5.69 Å². The van der Waals surface area contributed by atoms with Crippen LogP contribution in [0.25, 0.3) is 0 Å². The molecule has 1 aliphatic carbocycles. The highest BCUT2D eigenvalue weighted by Gasteiger charge is 2.54. The van der Waals surface area contributed by atoms with Crippen LogP contribution < -0.4 is 5.32 Å². The predicted octanol–water partition coefficient (Wildman–Crippen LogP) is 3.61. The van der Waals surface area contributed by atoms with E-state index in [1.807, 2.05) is 0 Å². The fraction of sp³-hybridized carbons (Fsp3) is 0.300. The summed E-state index contributed by atoms with van der Waals surface area (Å²) in [5.74, 6) is -1.45. The maximum Gasteiger partial charge on any atom is 0.328 e. The van der Waals surface area contributed by atoms with Crippen LogP contribution in [0.5, 0.6) is 0 Å². The Bertz CT molecular complexity index is 969. The molecule has 0 saturated heterocycles. The molecule has 3 rings (SSSR count). The molecule has 28 heavy (non-hydrogen) atoms. The Labute approximate surface area is 168 Å². The Hall–Kier alpha value is -2.38. The van der Waals surface area contributed by atoms with Gasteiger partial charge in [0.05, 0.1) is 4.90 Å². The highest BCUT2D eigenvalue weighted by atomic mass is 35.5. The number of carbonyl (C=O) groups excluding carboxylic acids is 2. The van der Waals surface area contributed by atoms with E-state index < -0.39 is 33.1 Å². The molecule has 1 saturated carbocycles. The first-order valence-corrected chi connectivity index (χ1v) is 10.7. The third-order valence-corrected chi connectivity index (χ3v) is 7.53. The summed E-state index contributed by atoms with van der Waals surface area (Å²) in [6, 6.07) is 14.4. The molecule has 1 N–H and O–H groups in total. The lowest BCUT2D eigenvalue weighted by Gasteiger charge is -2.26. The molecule has 0 aliphatic heterocycles. The van der Waals surface area contributed by atoms with Crippen molar-refractivity contribution < 1.29 is 22.7 Å². The molecule has 2 aromatic carbocycles. The number of carbonyl (C=O) groups is 2. The average Bonchev–Trinajstić information content (AvgIpc) is 3.19. The summed E-state index contributed by atoms with van der Waals surface area (Å²) >= 11 is 5.87. The number of esters is 1. The number of hydrogen-bond acceptors (Lipinski definition) is 5. The molecule has 2 aromatic rings. The van der Waals surface area contributed by atoms with E-state index in [9.17, 15) is 18.0 Å². The lowest BCUT2D eigenvalue weighted by atomic mass is 10.1. The van der Waals surface area contributed by atoms with E-state index in [4.69, 9.17) is 16.3 Å². The van der Waals surface area contributed by atoms with Crippen LogP contribution in [0.3, 0.4) is 0 Å². The van der Waals surface area contributed by atoms with Gasteiger partial charge in [-0.1, -0.05) is 48.7 Å². The smallest absolute Gasteiger partial charge is 0.328 e. The van der Waals surface area contributed by atoms with Crippen molar-refractivity contribution in [2.24, 2.45) is 0 Å². The largest absolute Gasteiger partial charge is 0.454 e. The monoisotopic (exact) mass is 421 g/mol. The number of amides is 1. The second kappa shape index (κ2) is 8.32. The van der Waals surface area contributed by atoms with Crippen molar-refractivity contribution in [1.82, 2.24) is 0 Å². The highest BCUT2D eigenvalue weighted by molar-refractivity contribution is 7.93. The number of halogens is 1. The molecule has 0 spiro atoms. The van der Waals surface area contributed by atoms with Crippen molar-refractivity contribution in [2.45, 2.75) is 35.3 Å². The number of benzene rings is 2. The number of rotatable bonds is 6. The second-order valence-corrected chi connectivity index (χ2v) is 9.35. The molecule has 0 bridgehead atoms. The van der Waals surface area contributed by atoms with E-state index in [1.165, 1.54) is 12.1 Å². The summed E-state index contributed by atoms with van der Waals surface area (Å²) in [6.45, 7) is -0.572. The highest BCUT2D eigenvalue weighted by Crippen LogP contribution is 2.41. The number of ether oxygens (including phenoxy) is 1. The number of hydrogen-bond donors (Lipinski definition) is 1. The van der Waals surface area contributed by atoms with Crippen molar-refractivity contribution in [3.8, 4) is 0 Å². The van der Waals surface area contributed by atoms with Crippen molar-refractivity contribution in [1.29, 1.82) is 0 Å². The van der Waals surface area contributed by atoms with Gasteiger partial charge in [0.25, 0.3) is 5.91 Å². The summed E-state index contributed by atoms with van der Waals surface area (Å²) < 4.78 is 29.8. The van der Waals surface area contributed by atoms with Gasteiger partial charge >= 0.3 is 5.97 Å². The van der Waals surface area contributed by atoms with E-state index >= 15 is 0 Å². The van der Waals surface area contributed by atoms with Crippen molar-refractivity contribution >= 4 is 39.0 Å².